The number of aldehydes is 1. The first-order chi connectivity index (χ1) is 10.0. The zero-order chi connectivity index (χ0) is 16.3. The zero-order valence-corrected chi connectivity index (χ0v) is 13.5. The Morgan fingerprint density at radius 2 is 2.05 bits per heavy atom. The minimum atomic E-state index is -0.697. The Morgan fingerprint density at radius 3 is 2.43 bits per heavy atom. The van der Waals surface area contributed by atoms with Crippen LogP contribution in [0.1, 0.15) is 20.3 Å². The standard InChI is InChI=1S/C11H19NO5.C3H9N/c1-7(14)12-11-9(16-3)4-8(6-15-2)17-10(11)5-13;1-3-4-2/h5,8-11H,4,6H2,1-3H3,(H,12,14);4H,3H2,1-2H3/t8?,9-,10+,11?;/m1./s1. The molecule has 1 aliphatic rings. The molecule has 1 saturated heterocycles. The van der Waals surface area contributed by atoms with Gasteiger partial charge in [0.15, 0.2) is 6.29 Å². The van der Waals surface area contributed by atoms with Gasteiger partial charge in [-0.2, -0.15) is 0 Å². The van der Waals surface area contributed by atoms with E-state index in [4.69, 9.17) is 14.2 Å². The number of nitrogens with one attached hydrogen (secondary N) is 2. The van der Waals surface area contributed by atoms with Crippen molar-refractivity contribution in [3.05, 3.63) is 0 Å². The van der Waals surface area contributed by atoms with E-state index in [-0.39, 0.29) is 18.1 Å². The van der Waals surface area contributed by atoms with E-state index in [2.05, 4.69) is 17.6 Å². The maximum absolute atomic E-state index is 11.1. The normalized spacial score (nSPS) is 28.2. The number of hydrogen-bond acceptors (Lipinski definition) is 6. The number of hydrogen-bond donors (Lipinski definition) is 2. The second-order valence-corrected chi connectivity index (χ2v) is 4.76. The first-order valence-electron chi connectivity index (χ1n) is 7.08. The third-order valence-electron chi connectivity index (χ3n) is 3.11. The third-order valence-corrected chi connectivity index (χ3v) is 3.11. The highest BCUT2D eigenvalue weighted by molar-refractivity contribution is 5.74. The number of ether oxygens (including phenoxy) is 3. The summed E-state index contributed by atoms with van der Waals surface area (Å²) in [6.07, 6.45) is 0.138. The van der Waals surface area contributed by atoms with Crippen molar-refractivity contribution in [2.24, 2.45) is 0 Å². The Bertz CT molecular complexity index is 299. The first-order valence-corrected chi connectivity index (χ1v) is 7.08. The Morgan fingerprint density at radius 1 is 1.43 bits per heavy atom. The zero-order valence-electron chi connectivity index (χ0n) is 13.5. The number of carbonyl (C=O) groups excluding carboxylic acids is 2. The molecule has 0 radical (unpaired) electrons. The van der Waals surface area contributed by atoms with Gasteiger partial charge in [-0.05, 0) is 13.6 Å². The summed E-state index contributed by atoms with van der Waals surface area (Å²) in [5, 5.41) is 5.62. The molecule has 0 aromatic heterocycles. The van der Waals surface area contributed by atoms with Gasteiger partial charge in [0.25, 0.3) is 0 Å². The number of methoxy groups -OCH3 is 2. The average Bonchev–Trinajstić information content (AvgIpc) is 2.48. The van der Waals surface area contributed by atoms with Crippen molar-refractivity contribution in [2.75, 3.05) is 34.4 Å². The lowest BCUT2D eigenvalue weighted by atomic mass is 9.95. The third kappa shape index (κ3) is 7.52. The van der Waals surface area contributed by atoms with Crippen LogP contribution in [0.3, 0.4) is 0 Å². The summed E-state index contributed by atoms with van der Waals surface area (Å²) in [6, 6.07) is -0.442. The van der Waals surface area contributed by atoms with Gasteiger partial charge < -0.3 is 29.6 Å². The predicted octanol–water partition coefficient (Wildman–Crippen LogP) is -0.265. The van der Waals surface area contributed by atoms with E-state index in [0.717, 1.165) is 6.54 Å². The Kier molecular flexibility index (Phi) is 11.1. The maximum atomic E-state index is 11.1. The van der Waals surface area contributed by atoms with E-state index in [1.807, 2.05) is 7.05 Å². The van der Waals surface area contributed by atoms with E-state index in [1.54, 1.807) is 14.2 Å². The highest BCUT2D eigenvalue weighted by Gasteiger charge is 2.39. The molecule has 124 valence electrons. The van der Waals surface area contributed by atoms with Crippen LogP contribution in [0.5, 0.6) is 0 Å². The molecule has 1 aliphatic heterocycles. The van der Waals surface area contributed by atoms with Crippen LogP contribution >= 0.6 is 0 Å². The molecule has 1 heterocycles. The molecular formula is C14H28N2O5. The van der Waals surface area contributed by atoms with Crippen molar-refractivity contribution in [3.63, 3.8) is 0 Å². The van der Waals surface area contributed by atoms with Gasteiger partial charge in [0.05, 0.1) is 24.9 Å². The number of rotatable bonds is 6. The average molecular weight is 304 g/mol. The molecule has 1 fully saturated rings. The molecule has 1 amide bonds. The van der Waals surface area contributed by atoms with Gasteiger partial charge >= 0.3 is 0 Å². The Balaban J connectivity index is 0.000000885. The van der Waals surface area contributed by atoms with Crippen molar-refractivity contribution in [3.8, 4) is 0 Å². The van der Waals surface area contributed by atoms with E-state index < -0.39 is 12.1 Å². The number of carbonyl (C=O) groups is 2. The van der Waals surface area contributed by atoms with Gasteiger partial charge in [-0.3, -0.25) is 4.79 Å². The summed E-state index contributed by atoms with van der Waals surface area (Å²) in [7, 11) is 5.05. The van der Waals surface area contributed by atoms with Crippen LogP contribution in [-0.4, -0.2) is 71.0 Å². The van der Waals surface area contributed by atoms with Crippen LogP contribution in [0.2, 0.25) is 0 Å². The molecule has 0 saturated carbocycles. The Labute approximate surface area is 126 Å². The largest absolute Gasteiger partial charge is 0.382 e. The molecule has 2 N–H and O–H groups in total. The van der Waals surface area contributed by atoms with Crippen LogP contribution in [-0.2, 0) is 23.8 Å². The summed E-state index contributed by atoms with van der Waals surface area (Å²) < 4.78 is 15.8. The fourth-order valence-corrected chi connectivity index (χ4v) is 2.04. The molecule has 0 aromatic rings. The fraction of sp³-hybridized carbons (Fsp3) is 0.857. The van der Waals surface area contributed by atoms with Crippen molar-refractivity contribution >= 4 is 12.2 Å². The van der Waals surface area contributed by atoms with Gasteiger partial charge in [0.1, 0.15) is 6.10 Å². The van der Waals surface area contributed by atoms with Crippen LogP contribution in [0.4, 0.5) is 0 Å². The fourth-order valence-electron chi connectivity index (χ4n) is 2.04. The molecule has 0 aliphatic carbocycles. The van der Waals surface area contributed by atoms with Gasteiger partial charge in [0.2, 0.25) is 5.91 Å². The van der Waals surface area contributed by atoms with E-state index >= 15 is 0 Å². The molecule has 0 aromatic carbocycles. The SMILES string of the molecule is CCNC.COCC1C[C@@H](OC)C(NC(C)=O)[C@H](C=O)O1. The number of amides is 1. The summed E-state index contributed by atoms with van der Waals surface area (Å²) in [5.41, 5.74) is 0. The lowest BCUT2D eigenvalue weighted by molar-refractivity contribution is -0.156. The van der Waals surface area contributed by atoms with Crippen LogP contribution in [0.25, 0.3) is 0 Å². The monoisotopic (exact) mass is 304 g/mol. The van der Waals surface area contributed by atoms with Crippen molar-refractivity contribution in [2.45, 2.75) is 44.6 Å². The van der Waals surface area contributed by atoms with Gasteiger partial charge in [-0.15, -0.1) is 0 Å². The quantitative estimate of drug-likeness (QED) is 0.657. The summed E-state index contributed by atoms with van der Waals surface area (Å²) >= 11 is 0. The van der Waals surface area contributed by atoms with Crippen LogP contribution in [0.15, 0.2) is 0 Å². The molecule has 0 spiro atoms. The maximum Gasteiger partial charge on any atom is 0.217 e. The van der Waals surface area contributed by atoms with Gasteiger partial charge in [-0.1, -0.05) is 6.92 Å². The van der Waals surface area contributed by atoms with Crippen LogP contribution in [0, 0.1) is 0 Å². The van der Waals surface area contributed by atoms with E-state index in [9.17, 15) is 9.59 Å². The minimum absolute atomic E-state index is 0.190. The molecule has 0 bridgehead atoms. The topological polar surface area (TPSA) is 85.9 Å². The Hall–Kier alpha value is -1.02. The second-order valence-electron chi connectivity index (χ2n) is 4.76. The summed E-state index contributed by atoms with van der Waals surface area (Å²) in [4.78, 5) is 22.1. The lowest BCUT2D eigenvalue weighted by Gasteiger charge is -2.39. The smallest absolute Gasteiger partial charge is 0.217 e. The lowest BCUT2D eigenvalue weighted by Crippen LogP contribution is -2.58. The van der Waals surface area contributed by atoms with E-state index in [0.29, 0.717) is 19.3 Å². The van der Waals surface area contributed by atoms with Crippen molar-refractivity contribution in [1.29, 1.82) is 0 Å². The molecule has 21 heavy (non-hydrogen) atoms. The molecule has 1 rings (SSSR count). The highest BCUT2D eigenvalue weighted by atomic mass is 16.5. The highest BCUT2D eigenvalue weighted by Crippen LogP contribution is 2.21. The molecule has 7 heteroatoms. The summed E-state index contributed by atoms with van der Waals surface area (Å²) in [5.74, 6) is -0.210. The molecule has 7 nitrogen and oxygen atoms in total. The molecular weight excluding hydrogens is 276 g/mol. The molecule has 4 atom stereocenters. The van der Waals surface area contributed by atoms with Gasteiger partial charge in [-0.25, -0.2) is 0 Å². The molecule has 2 unspecified atom stereocenters. The van der Waals surface area contributed by atoms with Crippen molar-refractivity contribution in [1.82, 2.24) is 10.6 Å². The second kappa shape index (κ2) is 11.6. The minimum Gasteiger partial charge on any atom is -0.382 e. The predicted molar refractivity (Wildman–Crippen MR) is 79.2 cm³/mol. The van der Waals surface area contributed by atoms with Crippen molar-refractivity contribution < 1.29 is 23.8 Å². The first kappa shape index (κ1) is 20.0. The summed E-state index contributed by atoms with van der Waals surface area (Å²) in [6.45, 7) is 4.94. The van der Waals surface area contributed by atoms with E-state index in [1.165, 1.54) is 6.92 Å². The van der Waals surface area contributed by atoms with Crippen LogP contribution < -0.4 is 10.6 Å². The van der Waals surface area contributed by atoms with Gasteiger partial charge in [0, 0.05) is 27.6 Å².